The Hall–Kier alpha value is -0.940. The second kappa shape index (κ2) is 6.12. The number of carbonyl (C=O) groups excluding carboxylic acids is 1. The summed E-state index contributed by atoms with van der Waals surface area (Å²) >= 11 is 1.58. The largest absolute Gasteiger partial charge is 0.372 e. The Morgan fingerprint density at radius 3 is 2.76 bits per heavy atom. The maximum Gasteiger partial charge on any atom is 0.246 e. The molecular weight excluding hydrogens is 236 g/mol. The zero-order chi connectivity index (χ0) is 12.9. The number of nitrogens with zero attached hydrogens (tertiary/aromatic N) is 1. The van der Waals surface area contributed by atoms with Gasteiger partial charge in [0.1, 0.15) is 11.6 Å². The molecule has 5 heteroatoms. The predicted molar refractivity (Wildman–Crippen MR) is 69.1 cm³/mol. The molecule has 1 amide bonds. The third-order valence-corrected chi connectivity index (χ3v) is 3.87. The van der Waals surface area contributed by atoms with Crippen LogP contribution in [0.1, 0.15) is 37.9 Å². The van der Waals surface area contributed by atoms with E-state index in [2.05, 4.69) is 10.3 Å². The van der Waals surface area contributed by atoms with Gasteiger partial charge in [0.25, 0.3) is 0 Å². The zero-order valence-electron chi connectivity index (χ0n) is 10.9. The smallest absolute Gasteiger partial charge is 0.246 e. The normalized spacial score (nSPS) is 14.4. The van der Waals surface area contributed by atoms with Gasteiger partial charge in [0.2, 0.25) is 5.91 Å². The maximum atomic E-state index is 11.7. The highest BCUT2D eigenvalue weighted by Gasteiger charge is 2.29. The van der Waals surface area contributed by atoms with Gasteiger partial charge < -0.3 is 10.1 Å². The molecule has 0 saturated heterocycles. The van der Waals surface area contributed by atoms with Crippen LogP contribution in [-0.4, -0.2) is 24.1 Å². The molecule has 1 aromatic rings. The Balaban J connectivity index is 2.72. The van der Waals surface area contributed by atoms with Gasteiger partial charge >= 0.3 is 0 Å². The number of aromatic nitrogens is 1. The lowest BCUT2D eigenvalue weighted by Gasteiger charge is -2.27. The van der Waals surface area contributed by atoms with Gasteiger partial charge in [-0.2, -0.15) is 0 Å². The van der Waals surface area contributed by atoms with Crippen LogP contribution in [0.4, 0.5) is 0 Å². The Morgan fingerprint density at radius 1 is 1.59 bits per heavy atom. The average molecular weight is 256 g/mol. The molecule has 17 heavy (non-hydrogen) atoms. The highest BCUT2D eigenvalue weighted by Crippen LogP contribution is 2.27. The molecule has 4 nitrogen and oxygen atoms in total. The van der Waals surface area contributed by atoms with Gasteiger partial charge in [-0.05, 0) is 27.2 Å². The Bertz CT molecular complexity index is 378. The summed E-state index contributed by atoms with van der Waals surface area (Å²) in [4.78, 5) is 16.1. The van der Waals surface area contributed by atoms with Gasteiger partial charge in [0, 0.05) is 17.7 Å². The van der Waals surface area contributed by atoms with Crippen molar-refractivity contribution in [1.29, 1.82) is 0 Å². The molecule has 1 N–H and O–H groups in total. The van der Waals surface area contributed by atoms with Crippen molar-refractivity contribution in [2.75, 3.05) is 13.2 Å². The number of carbonyl (C=O) groups is 1. The number of amides is 1. The molecule has 0 fully saturated rings. The molecule has 0 aromatic carbocycles. The van der Waals surface area contributed by atoms with Gasteiger partial charge in [-0.25, -0.2) is 4.98 Å². The standard InChI is InChI=1S/C12H20N2O2S/c1-5-12(4,11-13-9(3)8-17-11)14-10(15)7-16-6-2/h8H,5-7H2,1-4H3,(H,14,15). The van der Waals surface area contributed by atoms with Crippen molar-refractivity contribution in [1.82, 2.24) is 10.3 Å². The quantitative estimate of drug-likeness (QED) is 0.849. The van der Waals surface area contributed by atoms with E-state index >= 15 is 0 Å². The molecule has 0 spiro atoms. The van der Waals surface area contributed by atoms with E-state index in [4.69, 9.17) is 4.74 Å². The van der Waals surface area contributed by atoms with Crippen LogP contribution in [0.5, 0.6) is 0 Å². The Morgan fingerprint density at radius 2 is 2.29 bits per heavy atom. The number of hydrogen-bond donors (Lipinski definition) is 1. The summed E-state index contributed by atoms with van der Waals surface area (Å²) in [5.41, 5.74) is 0.594. The number of hydrogen-bond acceptors (Lipinski definition) is 4. The maximum absolute atomic E-state index is 11.7. The third-order valence-electron chi connectivity index (χ3n) is 2.65. The van der Waals surface area contributed by atoms with Gasteiger partial charge in [-0.3, -0.25) is 4.79 Å². The number of thiazole rings is 1. The molecule has 96 valence electrons. The first-order valence-electron chi connectivity index (χ1n) is 5.83. The average Bonchev–Trinajstić information content (AvgIpc) is 2.73. The van der Waals surface area contributed by atoms with Crippen LogP contribution in [0.15, 0.2) is 5.38 Å². The second-order valence-electron chi connectivity index (χ2n) is 4.17. The van der Waals surface area contributed by atoms with E-state index in [1.54, 1.807) is 11.3 Å². The minimum absolute atomic E-state index is 0.0935. The number of ether oxygens (including phenoxy) is 1. The van der Waals surface area contributed by atoms with Crippen molar-refractivity contribution in [2.24, 2.45) is 0 Å². The summed E-state index contributed by atoms with van der Waals surface area (Å²) < 4.78 is 5.10. The van der Waals surface area contributed by atoms with Crippen LogP contribution in [0.25, 0.3) is 0 Å². The lowest BCUT2D eigenvalue weighted by molar-refractivity contribution is -0.127. The molecule has 0 aliphatic rings. The van der Waals surface area contributed by atoms with Crippen LogP contribution >= 0.6 is 11.3 Å². The summed E-state index contributed by atoms with van der Waals surface area (Å²) in [6, 6.07) is 0. The highest BCUT2D eigenvalue weighted by molar-refractivity contribution is 7.09. The molecule has 1 heterocycles. The van der Waals surface area contributed by atoms with Gasteiger partial charge in [-0.15, -0.1) is 11.3 Å². The summed E-state index contributed by atoms with van der Waals surface area (Å²) in [7, 11) is 0. The monoisotopic (exact) mass is 256 g/mol. The summed E-state index contributed by atoms with van der Waals surface area (Å²) in [6.45, 7) is 8.52. The van der Waals surface area contributed by atoms with E-state index in [1.165, 1.54) is 0 Å². The highest BCUT2D eigenvalue weighted by atomic mass is 32.1. The van der Waals surface area contributed by atoms with Crippen molar-refractivity contribution < 1.29 is 9.53 Å². The van der Waals surface area contributed by atoms with Gasteiger partial charge in [0.05, 0.1) is 5.54 Å². The van der Waals surface area contributed by atoms with Crippen molar-refractivity contribution in [3.63, 3.8) is 0 Å². The number of aryl methyl sites for hydroxylation is 1. The van der Waals surface area contributed by atoms with Gasteiger partial charge in [-0.1, -0.05) is 6.92 Å². The second-order valence-corrected chi connectivity index (χ2v) is 5.02. The number of nitrogens with one attached hydrogen (secondary N) is 1. The fourth-order valence-electron chi connectivity index (χ4n) is 1.44. The van der Waals surface area contributed by atoms with Crippen LogP contribution < -0.4 is 5.32 Å². The van der Waals surface area contributed by atoms with Crippen LogP contribution in [0.2, 0.25) is 0 Å². The minimum Gasteiger partial charge on any atom is -0.372 e. The topological polar surface area (TPSA) is 51.2 Å². The van der Waals surface area contributed by atoms with E-state index < -0.39 is 5.54 Å². The Kier molecular flexibility index (Phi) is 5.08. The molecule has 0 saturated carbocycles. The van der Waals surface area contributed by atoms with Crippen molar-refractivity contribution in [3.05, 3.63) is 16.1 Å². The molecule has 1 atom stereocenters. The number of rotatable bonds is 6. The van der Waals surface area contributed by atoms with E-state index in [0.29, 0.717) is 6.61 Å². The van der Waals surface area contributed by atoms with E-state index in [1.807, 2.05) is 33.1 Å². The van der Waals surface area contributed by atoms with Crippen LogP contribution in [0, 0.1) is 6.92 Å². The molecule has 0 aliphatic carbocycles. The van der Waals surface area contributed by atoms with Crippen LogP contribution in [-0.2, 0) is 15.1 Å². The van der Waals surface area contributed by atoms with Crippen LogP contribution in [0.3, 0.4) is 0 Å². The summed E-state index contributed by atoms with van der Waals surface area (Å²) in [5.74, 6) is -0.0935. The first-order chi connectivity index (χ1) is 8.01. The van der Waals surface area contributed by atoms with Crippen molar-refractivity contribution in [3.8, 4) is 0 Å². The zero-order valence-corrected chi connectivity index (χ0v) is 11.7. The summed E-state index contributed by atoms with van der Waals surface area (Å²) in [6.07, 6.45) is 0.803. The summed E-state index contributed by atoms with van der Waals surface area (Å²) in [5, 5.41) is 5.94. The molecular formula is C12H20N2O2S. The first kappa shape index (κ1) is 14.1. The minimum atomic E-state index is -0.396. The molecule has 0 bridgehead atoms. The lowest BCUT2D eigenvalue weighted by Crippen LogP contribution is -2.44. The molecule has 0 aliphatic heterocycles. The van der Waals surface area contributed by atoms with E-state index in [0.717, 1.165) is 17.1 Å². The SMILES string of the molecule is CCOCC(=O)NC(C)(CC)c1nc(C)cs1. The predicted octanol–water partition coefficient (Wildman–Crippen LogP) is 2.23. The van der Waals surface area contributed by atoms with E-state index in [-0.39, 0.29) is 12.5 Å². The molecule has 1 unspecified atom stereocenters. The lowest BCUT2D eigenvalue weighted by atomic mass is 10.00. The van der Waals surface area contributed by atoms with Gasteiger partial charge in [0.15, 0.2) is 0 Å². The fraction of sp³-hybridized carbons (Fsp3) is 0.667. The van der Waals surface area contributed by atoms with E-state index in [9.17, 15) is 4.79 Å². The molecule has 0 radical (unpaired) electrons. The fourth-order valence-corrected chi connectivity index (χ4v) is 2.43. The molecule has 1 aromatic heterocycles. The van der Waals surface area contributed by atoms with Crippen molar-refractivity contribution in [2.45, 2.75) is 39.7 Å². The third kappa shape index (κ3) is 3.78. The first-order valence-corrected chi connectivity index (χ1v) is 6.71. The van der Waals surface area contributed by atoms with Crippen molar-refractivity contribution >= 4 is 17.2 Å². The molecule has 1 rings (SSSR count). The Labute approximate surface area is 106 Å².